The van der Waals surface area contributed by atoms with Gasteiger partial charge >= 0.3 is 0 Å². The maximum Gasteiger partial charge on any atom is 0.163 e. The van der Waals surface area contributed by atoms with Gasteiger partial charge in [-0.2, -0.15) is 11.8 Å². The molecule has 1 nitrogen and oxygen atoms in total. The average Bonchev–Trinajstić information content (AvgIpc) is 2.26. The van der Waals surface area contributed by atoms with Crippen LogP contribution in [0, 0.1) is 18.6 Å². The summed E-state index contributed by atoms with van der Waals surface area (Å²) in [7, 11) is 0. The molecule has 0 amide bonds. The van der Waals surface area contributed by atoms with Crippen LogP contribution >= 0.6 is 11.8 Å². The largest absolute Gasteiger partial charge is 0.323 e. The zero-order valence-corrected chi connectivity index (χ0v) is 10.4. The van der Waals surface area contributed by atoms with Crippen molar-refractivity contribution in [2.24, 2.45) is 5.73 Å². The first-order valence-electron chi connectivity index (χ1n) is 5.35. The van der Waals surface area contributed by atoms with Gasteiger partial charge in [0.15, 0.2) is 11.6 Å². The minimum absolute atomic E-state index is 0.270. The van der Waals surface area contributed by atoms with Crippen molar-refractivity contribution >= 4 is 11.8 Å². The van der Waals surface area contributed by atoms with Gasteiger partial charge in [0.1, 0.15) is 0 Å². The number of rotatable bonds is 5. The highest BCUT2D eigenvalue weighted by molar-refractivity contribution is 7.99. The summed E-state index contributed by atoms with van der Waals surface area (Å²) in [6.45, 7) is 3.62. The molecule has 0 bridgehead atoms. The minimum Gasteiger partial charge on any atom is -0.323 e. The zero-order valence-electron chi connectivity index (χ0n) is 9.59. The van der Waals surface area contributed by atoms with Crippen LogP contribution in [0.4, 0.5) is 8.78 Å². The number of aryl methyl sites for hydroxylation is 1. The molecule has 0 aliphatic carbocycles. The fourth-order valence-electron chi connectivity index (χ4n) is 1.39. The van der Waals surface area contributed by atoms with E-state index in [1.165, 1.54) is 0 Å². The van der Waals surface area contributed by atoms with Crippen LogP contribution < -0.4 is 5.73 Å². The van der Waals surface area contributed by atoms with Gasteiger partial charge in [-0.1, -0.05) is 19.1 Å². The minimum atomic E-state index is -0.801. The smallest absolute Gasteiger partial charge is 0.163 e. The third-order valence-electron chi connectivity index (χ3n) is 2.35. The summed E-state index contributed by atoms with van der Waals surface area (Å²) in [5.41, 5.74) is 6.41. The van der Waals surface area contributed by atoms with Crippen LogP contribution in [-0.4, -0.2) is 11.5 Å². The Bertz CT molecular complexity index is 355. The molecule has 0 radical (unpaired) electrons. The molecule has 1 atom stereocenters. The summed E-state index contributed by atoms with van der Waals surface area (Å²) in [5.74, 6) is 0.0229. The molecule has 0 fully saturated rings. The lowest BCUT2D eigenvalue weighted by Gasteiger charge is -2.13. The van der Waals surface area contributed by atoms with Crippen LogP contribution in [0.15, 0.2) is 12.1 Å². The molecule has 1 rings (SSSR count). The van der Waals surface area contributed by atoms with E-state index in [1.54, 1.807) is 30.8 Å². The monoisotopic (exact) mass is 245 g/mol. The highest BCUT2D eigenvalue weighted by Gasteiger charge is 2.16. The van der Waals surface area contributed by atoms with Crippen molar-refractivity contribution in [1.29, 1.82) is 0 Å². The van der Waals surface area contributed by atoms with E-state index in [1.807, 2.05) is 0 Å². The lowest BCUT2D eigenvalue weighted by Crippen LogP contribution is -2.16. The van der Waals surface area contributed by atoms with E-state index in [0.717, 1.165) is 12.2 Å². The molecule has 0 aliphatic rings. The second-order valence-corrected chi connectivity index (χ2v) is 4.93. The van der Waals surface area contributed by atoms with Crippen molar-refractivity contribution in [3.8, 4) is 0 Å². The molecule has 0 aromatic heterocycles. The highest BCUT2D eigenvalue weighted by atomic mass is 32.2. The third-order valence-corrected chi connectivity index (χ3v) is 3.64. The van der Waals surface area contributed by atoms with Crippen LogP contribution in [0.5, 0.6) is 0 Å². The van der Waals surface area contributed by atoms with Crippen molar-refractivity contribution in [3.63, 3.8) is 0 Å². The number of thioether (sulfide) groups is 1. The molecule has 2 N–H and O–H groups in total. The van der Waals surface area contributed by atoms with Crippen molar-refractivity contribution in [2.75, 3.05) is 11.5 Å². The Morgan fingerprint density at radius 2 is 2.00 bits per heavy atom. The summed E-state index contributed by atoms with van der Waals surface area (Å²) in [5, 5.41) is 0. The van der Waals surface area contributed by atoms with Gasteiger partial charge in [-0.25, -0.2) is 8.78 Å². The van der Waals surface area contributed by atoms with Crippen LogP contribution in [0.2, 0.25) is 0 Å². The van der Waals surface area contributed by atoms with Gasteiger partial charge in [-0.15, -0.1) is 0 Å². The normalized spacial score (nSPS) is 12.8. The summed E-state index contributed by atoms with van der Waals surface area (Å²) in [6, 6.07) is 2.70. The average molecular weight is 245 g/mol. The number of hydrogen-bond donors (Lipinski definition) is 1. The van der Waals surface area contributed by atoms with E-state index < -0.39 is 17.7 Å². The van der Waals surface area contributed by atoms with Crippen molar-refractivity contribution in [1.82, 2.24) is 0 Å². The van der Waals surface area contributed by atoms with Crippen molar-refractivity contribution < 1.29 is 8.78 Å². The van der Waals surface area contributed by atoms with Crippen LogP contribution in [0.1, 0.15) is 30.5 Å². The molecule has 0 saturated carbocycles. The van der Waals surface area contributed by atoms with Gasteiger partial charge in [0, 0.05) is 17.4 Å². The van der Waals surface area contributed by atoms with Gasteiger partial charge < -0.3 is 5.73 Å². The molecule has 0 heterocycles. The molecule has 0 aliphatic heterocycles. The maximum absolute atomic E-state index is 13.6. The van der Waals surface area contributed by atoms with Gasteiger partial charge in [0.25, 0.3) is 0 Å². The van der Waals surface area contributed by atoms with E-state index in [9.17, 15) is 8.78 Å². The molecule has 1 unspecified atom stereocenters. The first kappa shape index (κ1) is 13.5. The first-order valence-corrected chi connectivity index (χ1v) is 6.51. The van der Waals surface area contributed by atoms with Gasteiger partial charge in [-0.05, 0) is 24.7 Å². The van der Waals surface area contributed by atoms with Crippen molar-refractivity contribution in [2.45, 2.75) is 26.3 Å². The van der Waals surface area contributed by atoms with E-state index >= 15 is 0 Å². The molecule has 0 spiro atoms. The second kappa shape index (κ2) is 6.21. The van der Waals surface area contributed by atoms with Crippen LogP contribution in [0.3, 0.4) is 0 Å². The Morgan fingerprint density at radius 3 is 2.62 bits per heavy atom. The van der Waals surface area contributed by atoms with E-state index in [4.69, 9.17) is 5.73 Å². The van der Waals surface area contributed by atoms with E-state index in [0.29, 0.717) is 11.3 Å². The predicted molar refractivity (Wildman–Crippen MR) is 65.6 cm³/mol. The van der Waals surface area contributed by atoms with Gasteiger partial charge in [0.2, 0.25) is 0 Å². The quantitative estimate of drug-likeness (QED) is 0.804. The summed E-state index contributed by atoms with van der Waals surface area (Å²) >= 11 is 1.66. The summed E-state index contributed by atoms with van der Waals surface area (Å²) in [6.07, 6.45) is 1.06. The summed E-state index contributed by atoms with van der Waals surface area (Å²) < 4.78 is 26.9. The Morgan fingerprint density at radius 1 is 1.31 bits per heavy atom. The Balaban J connectivity index is 2.76. The second-order valence-electron chi connectivity index (χ2n) is 3.78. The predicted octanol–water partition coefficient (Wildman–Crippen LogP) is 3.42. The van der Waals surface area contributed by atoms with Gasteiger partial charge in [0.05, 0.1) is 0 Å². The number of halogens is 2. The molecular formula is C12H17F2NS. The standard InChI is InChI=1S/C12H17F2NS/c1-3-6-16-7-10(15)9-5-4-8(2)11(13)12(9)14/h4-5,10H,3,6-7,15H2,1-2H3. The molecular weight excluding hydrogens is 228 g/mol. The fourth-order valence-corrected chi connectivity index (χ4v) is 2.28. The maximum atomic E-state index is 13.6. The van der Waals surface area contributed by atoms with Crippen LogP contribution in [0.25, 0.3) is 0 Å². The zero-order chi connectivity index (χ0) is 12.1. The fraction of sp³-hybridized carbons (Fsp3) is 0.500. The van der Waals surface area contributed by atoms with E-state index in [2.05, 4.69) is 6.92 Å². The Labute approximate surface area is 99.4 Å². The summed E-state index contributed by atoms with van der Waals surface area (Å²) in [4.78, 5) is 0. The number of benzene rings is 1. The third kappa shape index (κ3) is 3.19. The first-order chi connectivity index (χ1) is 7.57. The topological polar surface area (TPSA) is 26.0 Å². The van der Waals surface area contributed by atoms with Crippen molar-refractivity contribution in [3.05, 3.63) is 34.9 Å². The number of nitrogens with two attached hydrogens (primary N) is 1. The highest BCUT2D eigenvalue weighted by Crippen LogP contribution is 2.23. The van der Waals surface area contributed by atoms with Crippen LogP contribution in [-0.2, 0) is 0 Å². The van der Waals surface area contributed by atoms with E-state index in [-0.39, 0.29) is 5.56 Å². The molecule has 1 aromatic rings. The lowest BCUT2D eigenvalue weighted by atomic mass is 10.1. The van der Waals surface area contributed by atoms with Gasteiger partial charge in [-0.3, -0.25) is 0 Å². The lowest BCUT2D eigenvalue weighted by molar-refractivity contribution is 0.488. The number of hydrogen-bond acceptors (Lipinski definition) is 2. The molecule has 90 valence electrons. The molecule has 0 saturated heterocycles. The molecule has 16 heavy (non-hydrogen) atoms. The Kier molecular flexibility index (Phi) is 5.22. The SMILES string of the molecule is CCCSCC(N)c1ccc(C)c(F)c1F. The molecule has 4 heteroatoms. The molecule has 1 aromatic carbocycles. The Hall–Kier alpha value is -0.610.